The molecule has 1 fully saturated rings. The van der Waals surface area contributed by atoms with Gasteiger partial charge in [-0.1, -0.05) is 0 Å². The number of rotatable bonds is 5. The molecule has 9 nitrogen and oxygen atoms in total. The summed E-state index contributed by atoms with van der Waals surface area (Å²) in [5.74, 6) is 0.267. The van der Waals surface area contributed by atoms with Gasteiger partial charge in [0.2, 0.25) is 0 Å². The number of anilines is 2. The van der Waals surface area contributed by atoms with Crippen molar-refractivity contribution >= 4 is 17.5 Å². The summed E-state index contributed by atoms with van der Waals surface area (Å²) in [4.78, 5) is 22.4. The fraction of sp³-hybridized carbons (Fsp3) is 0.526. The molecule has 0 atom stereocenters. The number of likely N-dealkylation sites (tertiary alicyclic amines) is 1. The van der Waals surface area contributed by atoms with Crippen molar-refractivity contribution < 1.29 is 4.79 Å². The zero-order valence-electron chi connectivity index (χ0n) is 16.5. The summed E-state index contributed by atoms with van der Waals surface area (Å²) in [6, 6.07) is 3.98. The highest BCUT2D eigenvalue weighted by atomic mass is 16.1. The number of carbonyl (C=O) groups is 1. The zero-order chi connectivity index (χ0) is 20.4. The number of nitrogens with zero attached hydrogens (tertiary/aromatic N) is 6. The second-order valence-corrected chi connectivity index (χ2v) is 8.14. The van der Waals surface area contributed by atoms with E-state index < -0.39 is 11.4 Å². The minimum absolute atomic E-state index is 0.0705. The summed E-state index contributed by atoms with van der Waals surface area (Å²) in [5.41, 5.74) is 5.45. The topological polar surface area (TPSA) is 126 Å². The second-order valence-electron chi connectivity index (χ2n) is 8.14. The number of nitrogens with two attached hydrogens (primary N) is 1. The lowest BCUT2D eigenvalue weighted by Crippen LogP contribution is -2.52. The van der Waals surface area contributed by atoms with Crippen LogP contribution in [0.5, 0.6) is 0 Å². The molecule has 0 aliphatic carbocycles. The Morgan fingerprint density at radius 2 is 2.11 bits per heavy atom. The predicted octanol–water partition coefficient (Wildman–Crippen LogP) is 2.02. The Labute approximate surface area is 164 Å². The number of amides is 1. The molecule has 0 unspecified atom stereocenters. The molecule has 28 heavy (non-hydrogen) atoms. The van der Waals surface area contributed by atoms with E-state index in [2.05, 4.69) is 52.1 Å². The van der Waals surface area contributed by atoms with E-state index >= 15 is 0 Å². The van der Waals surface area contributed by atoms with Crippen molar-refractivity contribution in [2.24, 2.45) is 5.73 Å². The van der Waals surface area contributed by atoms with Crippen LogP contribution in [0.2, 0.25) is 0 Å². The van der Waals surface area contributed by atoms with Crippen LogP contribution < -0.4 is 11.1 Å². The van der Waals surface area contributed by atoms with Gasteiger partial charge in [0.05, 0.1) is 18.0 Å². The van der Waals surface area contributed by atoms with Crippen LogP contribution >= 0.6 is 0 Å². The van der Waals surface area contributed by atoms with Gasteiger partial charge in [0.25, 0.3) is 5.91 Å². The molecular formula is C19H26N8O. The Hall–Kier alpha value is -2.99. The lowest BCUT2D eigenvalue weighted by atomic mass is 9.83. The van der Waals surface area contributed by atoms with E-state index in [1.165, 1.54) is 6.33 Å². The average molecular weight is 382 g/mol. The molecule has 0 bridgehead atoms. The van der Waals surface area contributed by atoms with Gasteiger partial charge in [-0.05, 0) is 39.7 Å². The minimum Gasteiger partial charge on any atom is -0.365 e. The lowest BCUT2D eigenvalue weighted by molar-refractivity contribution is 0.0438. The van der Waals surface area contributed by atoms with Crippen LogP contribution in [0.15, 0.2) is 24.8 Å². The van der Waals surface area contributed by atoms with Crippen LogP contribution in [0.25, 0.3) is 0 Å². The molecular weight excluding hydrogens is 356 g/mol. The number of hydrogen-bond acceptors (Lipinski definition) is 7. The summed E-state index contributed by atoms with van der Waals surface area (Å²) in [7, 11) is 0. The molecule has 1 aliphatic rings. The number of nitrogens with one attached hydrogen (secondary N) is 1. The second kappa shape index (κ2) is 7.56. The van der Waals surface area contributed by atoms with Gasteiger partial charge in [0, 0.05) is 31.0 Å². The molecule has 0 aromatic carbocycles. The third-order valence-electron chi connectivity index (χ3n) is 5.35. The first-order valence-corrected chi connectivity index (χ1v) is 9.30. The number of hydrogen-bond donors (Lipinski definition) is 2. The molecule has 1 saturated heterocycles. The number of carbonyl (C=O) groups excluding carboxylic acids is 1. The van der Waals surface area contributed by atoms with Crippen molar-refractivity contribution in [2.75, 3.05) is 18.4 Å². The van der Waals surface area contributed by atoms with Crippen molar-refractivity contribution in [1.82, 2.24) is 24.6 Å². The first kappa shape index (κ1) is 19.8. The summed E-state index contributed by atoms with van der Waals surface area (Å²) in [5, 5.41) is 17.1. The van der Waals surface area contributed by atoms with Gasteiger partial charge in [0.15, 0.2) is 5.82 Å². The molecule has 0 radical (unpaired) electrons. The third kappa shape index (κ3) is 3.97. The Kier molecular flexibility index (Phi) is 5.34. The van der Waals surface area contributed by atoms with Gasteiger partial charge < -0.3 is 11.1 Å². The summed E-state index contributed by atoms with van der Waals surface area (Å²) in [6.45, 7) is 8.27. The van der Waals surface area contributed by atoms with E-state index in [-0.39, 0.29) is 11.1 Å². The van der Waals surface area contributed by atoms with Gasteiger partial charge in [-0.3, -0.25) is 14.4 Å². The van der Waals surface area contributed by atoms with Crippen LogP contribution in [0, 0.1) is 11.3 Å². The van der Waals surface area contributed by atoms with Gasteiger partial charge in [-0.2, -0.15) is 10.4 Å². The van der Waals surface area contributed by atoms with Crippen LogP contribution in [0.4, 0.5) is 11.6 Å². The summed E-state index contributed by atoms with van der Waals surface area (Å²) in [6.07, 6.45) is 6.50. The molecule has 2 aromatic rings. The average Bonchev–Trinajstić information content (AvgIpc) is 3.07. The van der Waals surface area contributed by atoms with Crippen LogP contribution in [-0.2, 0) is 5.54 Å². The molecule has 2 aromatic heterocycles. The molecule has 1 aliphatic heterocycles. The highest BCUT2D eigenvalue weighted by molar-refractivity contribution is 5.98. The Bertz CT molecular complexity index is 870. The fourth-order valence-corrected chi connectivity index (χ4v) is 3.60. The Morgan fingerprint density at radius 1 is 1.39 bits per heavy atom. The molecule has 3 N–H and O–H groups in total. The molecule has 9 heteroatoms. The van der Waals surface area contributed by atoms with E-state index in [1.54, 1.807) is 23.1 Å². The standard InChI is InChI=1S/C19H26N8O/c1-18(2,3)26-10-6-19(5-8-20,7-11-26)27-12-14(16(21)28)17(25-27)24-15-4-9-22-13-23-15/h4,9,12-13H,5-7,10-11H2,1-3H3,(H2,21,28)(H,22,23,24,25). The smallest absolute Gasteiger partial charge is 0.254 e. The maximum absolute atomic E-state index is 12.0. The van der Waals surface area contributed by atoms with Gasteiger partial charge in [0.1, 0.15) is 17.7 Å². The number of primary amides is 1. The first-order chi connectivity index (χ1) is 13.2. The largest absolute Gasteiger partial charge is 0.365 e. The highest BCUT2D eigenvalue weighted by Crippen LogP contribution is 2.36. The van der Waals surface area contributed by atoms with E-state index in [9.17, 15) is 10.1 Å². The maximum Gasteiger partial charge on any atom is 0.254 e. The monoisotopic (exact) mass is 382 g/mol. The lowest BCUT2D eigenvalue weighted by Gasteiger charge is -2.45. The minimum atomic E-state index is -0.581. The van der Waals surface area contributed by atoms with E-state index in [1.807, 2.05) is 0 Å². The SMILES string of the molecule is CC(C)(C)N1CCC(CC#N)(n2cc(C(N)=O)c(Nc3ccncn3)n2)CC1. The van der Waals surface area contributed by atoms with Crippen molar-refractivity contribution in [3.05, 3.63) is 30.4 Å². The van der Waals surface area contributed by atoms with Crippen LogP contribution in [0.3, 0.4) is 0 Å². The van der Waals surface area contributed by atoms with Crippen molar-refractivity contribution in [2.45, 2.75) is 51.1 Å². The molecule has 0 saturated carbocycles. The predicted molar refractivity (Wildman–Crippen MR) is 105 cm³/mol. The van der Waals surface area contributed by atoms with Crippen molar-refractivity contribution in [3.8, 4) is 6.07 Å². The van der Waals surface area contributed by atoms with Gasteiger partial charge in [-0.15, -0.1) is 0 Å². The van der Waals surface area contributed by atoms with E-state index in [0.717, 1.165) is 25.9 Å². The Balaban J connectivity index is 1.93. The normalized spacial score (nSPS) is 17.1. The van der Waals surface area contributed by atoms with Gasteiger partial charge in [-0.25, -0.2) is 9.97 Å². The third-order valence-corrected chi connectivity index (χ3v) is 5.35. The number of piperidine rings is 1. The molecule has 0 spiro atoms. The van der Waals surface area contributed by atoms with Crippen LogP contribution in [0.1, 0.15) is 50.4 Å². The quantitative estimate of drug-likeness (QED) is 0.810. The fourth-order valence-electron chi connectivity index (χ4n) is 3.60. The van der Waals surface area contributed by atoms with Crippen molar-refractivity contribution in [3.63, 3.8) is 0 Å². The Morgan fingerprint density at radius 3 is 2.64 bits per heavy atom. The van der Waals surface area contributed by atoms with E-state index in [4.69, 9.17) is 5.73 Å². The first-order valence-electron chi connectivity index (χ1n) is 9.30. The maximum atomic E-state index is 12.0. The van der Waals surface area contributed by atoms with Gasteiger partial charge >= 0.3 is 0 Å². The molecule has 1 amide bonds. The van der Waals surface area contributed by atoms with Crippen molar-refractivity contribution in [1.29, 1.82) is 5.26 Å². The van der Waals surface area contributed by atoms with E-state index in [0.29, 0.717) is 18.1 Å². The highest BCUT2D eigenvalue weighted by Gasteiger charge is 2.40. The molecule has 3 rings (SSSR count). The number of nitriles is 1. The molecule has 3 heterocycles. The zero-order valence-corrected chi connectivity index (χ0v) is 16.5. The summed E-state index contributed by atoms with van der Waals surface area (Å²) < 4.78 is 1.75. The number of aromatic nitrogens is 4. The van der Waals surface area contributed by atoms with Crippen LogP contribution in [-0.4, -0.2) is 49.2 Å². The molecule has 148 valence electrons. The summed E-state index contributed by atoms with van der Waals surface area (Å²) >= 11 is 0.